The molecule has 1 N–H and O–H groups in total. The van der Waals surface area contributed by atoms with Crippen LogP contribution in [0, 0.1) is 58.0 Å². The predicted molar refractivity (Wildman–Crippen MR) is 363 cm³/mol. The van der Waals surface area contributed by atoms with Crippen molar-refractivity contribution in [2.75, 3.05) is 7.11 Å². The summed E-state index contributed by atoms with van der Waals surface area (Å²) in [6.45, 7) is 15.6. The van der Waals surface area contributed by atoms with Gasteiger partial charge in [-0.3, -0.25) is 4.79 Å². The Labute approximate surface area is 599 Å². The molecule has 3 heterocycles. The Hall–Kier alpha value is -7.96. The number of methoxy groups -OCH3 is 1. The van der Waals surface area contributed by atoms with Crippen LogP contribution in [-0.4, -0.2) is 33.0 Å². The minimum Gasteiger partial charge on any atom is -0.512 e. The van der Waals surface area contributed by atoms with E-state index in [0.29, 0.717) is 5.92 Å². The average molecular weight is 1920 g/mol. The molecule has 0 spiro atoms. The van der Waals surface area contributed by atoms with Crippen LogP contribution in [0.2, 0.25) is 0 Å². The van der Waals surface area contributed by atoms with Gasteiger partial charge in [0.2, 0.25) is 0 Å². The zero-order valence-corrected chi connectivity index (χ0v) is 62.4. The van der Waals surface area contributed by atoms with Gasteiger partial charge < -0.3 is 24.8 Å². The van der Waals surface area contributed by atoms with Crippen molar-refractivity contribution in [2.45, 2.75) is 61.3 Å². The van der Waals surface area contributed by atoms with Crippen molar-refractivity contribution in [3.8, 4) is 95.2 Å². The summed E-state index contributed by atoms with van der Waals surface area (Å²) in [5.74, 6) is 1.34. The predicted octanol–water partition coefficient (Wildman–Crippen LogP) is 20.7. The molecular weight excluding hydrogens is 1840 g/mol. The van der Waals surface area contributed by atoms with E-state index in [1.165, 1.54) is 64.4 Å². The monoisotopic (exact) mass is 1920 g/mol. The smallest absolute Gasteiger partial charge is 0.155 e. The average Bonchev–Trinajstić information content (AvgIpc) is 1.11. The van der Waals surface area contributed by atoms with Gasteiger partial charge in [0.25, 0.3) is 0 Å². The third kappa shape index (κ3) is 23.6. The van der Waals surface area contributed by atoms with Gasteiger partial charge in [0.05, 0.1) is 12.9 Å². The zero-order valence-electron chi connectivity index (χ0n) is 52.8. The maximum Gasteiger partial charge on any atom is 0.155 e. The minimum atomic E-state index is -0.125. The number of hydrogen-bond acceptors (Lipinski definition) is 6. The van der Waals surface area contributed by atoms with Gasteiger partial charge in [-0.1, -0.05) is 181 Å². The fraction of sp³-hybridized carbons (Fsp3) is 0.122. The fourth-order valence-corrected chi connectivity index (χ4v) is 9.66. The van der Waals surface area contributed by atoms with E-state index in [-0.39, 0.29) is 92.0 Å². The molecule has 0 amide bonds. The summed E-state index contributed by atoms with van der Waals surface area (Å²) in [6, 6.07) is 96.9. The Kier molecular flexibility index (Phi) is 32.8. The maximum absolute atomic E-state index is 10.0. The van der Waals surface area contributed by atoms with Gasteiger partial charge in [-0.2, -0.15) is 24.3 Å². The number of pyridine rings is 3. The van der Waals surface area contributed by atoms with E-state index < -0.39 is 0 Å². The van der Waals surface area contributed by atoms with Crippen LogP contribution in [0.15, 0.2) is 267 Å². The second-order valence-electron chi connectivity index (χ2n) is 21.5. The summed E-state index contributed by atoms with van der Waals surface area (Å²) in [4.78, 5) is 23.6. The molecular formula is C82H72Ir4N3O3-5. The fourth-order valence-electron chi connectivity index (χ4n) is 9.66. The molecule has 4 radical (unpaired) electrons. The van der Waals surface area contributed by atoms with E-state index in [9.17, 15) is 4.79 Å². The van der Waals surface area contributed by atoms with Crippen LogP contribution in [0.1, 0.15) is 61.4 Å². The molecule has 0 bridgehead atoms. The SMILES string of the molecule is CC(=O)C=C(C)O.CC(C)c1cccc(-c2ccc(-c3[c-]cccc3)nc2)c1.COc1ccccc1-c1ccnc(-c2[c-]cccc2)c1.Cc1[c-]c(-c2[c-]cc(-c3ccccc3)cc2)cc(C)c1.Cc1[c-]c(-c2ccc(-c3ccccc3)cn2)cc(C)c1.[Ir].[Ir].[Ir].[Ir]. The molecule has 0 fully saturated rings. The molecule has 12 aromatic rings. The third-order valence-electron chi connectivity index (χ3n) is 13.9. The molecule has 0 aliphatic rings. The summed E-state index contributed by atoms with van der Waals surface area (Å²) in [5, 5.41) is 8.36. The molecule has 10 heteroatoms. The van der Waals surface area contributed by atoms with Crippen LogP contribution in [0.4, 0.5) is 0 Å². The van der Waals surface area contributed by atoms with Crippen molar-refractivity contribution in [3.05, 3.63) is 325 Å². The van der Waals surface area contributed by atoms with Crippen molar-refractivity contribution < 1.29 is 95.1 Å². The Morgan fingerprint density at radius 1 is 0.446 bits per heavy atom. The summed E-state index contributed by atoms with van der Waals surface area (Å²) in [6.07, 6.45) is 6.85. The number of aliphatic hydroxyl groups is 1. The van der Waals surface area contributed by atoms with Crippen LogP contribution >= 0.6 is 0 Å². The van der Waals surface area contributed by atoms with Gasteiger partial charge in [0.1, 0.15) is 5.75 Å². The van der Waals surface area contributed by atoms with Gasteiger partial charge in [0.15, 0.2) is 5.78 Å². The molecule has 0 aliphatic carbocycles. The van der Waals surface area contributed by atoms with E-state index >= 15 is 0 Å². The topological polar surface area (TPSA) is 85.2 Å². The maximum atomic E-state index is 10.0. The molecule has 9 aromatic carbocycles. The first-order chi connectivity index (χ1) is 42.7. The Bertz CT molecular complexity index is 3990. The standard InChI is InChI=1S/C20H18N.C20H16.C19H16N.C18H14NO.C5H8O2.4Ir/c1-15(2)17-9-6-10-18(13-17)19-11-12-20(21-14-19)16-7-4-3-5-8-16;1-15-12-16(2)14-20(13-15)19-10-8-18(9-11-19)17-6-4-3-5-7-17;1-14-10-15(2)12-18(11-14)19-9-8-17(13-20-19)16-6-4-3-5-7-16;1-20-18-10-6-5-9-16(18)15-11-12-19-17(13-15)14-7-3-2-4-8-14;1-4(6)3-5(2)7;;;;/h3-7,9-15H,1-2H3;3-10,12-13H,1-2H3;3-11,13H,1-2H3;2-7,9-13H,1H3;3,6H,1-2H3;;;;/q-1;-2;2*-1;;;;;. The normalized spacial score (nSPS) is 10.1. The van der Waals surface area contributed by atoms with Crippen molar-refractivity contribution in [3.63, 3.8) is 0 Å². The van der Waals surface area contributed by atoms with Crippen LogP contribution in [0.5, 0.6) is 5.75 Å². The number of aliphatic hydroxyl groups excluding tert-OH is 1. The number of aromatic nitrogens is 3. The number of hydrogen-bond donors (Lipinski definition) is 1. The molecule has 12 rings (SSSR count). The van der Waals surface area contributed by atoms with E-state index in [1.807, 2.05) is 122 Å². The largest absolute Gasteiger partial charge is 0.512 e. The molecule has 0 aliphatic heterocycles. The molecule has 92 heavy (non-hydrogen) atoms. The van der Waals surface area contributed by atoms with E-state index in [0.717, 1.165) is 78.5 Å². The van der Waals surface area contributed by atoms with Gasteiger partial charge in [-0.15, -0.1) is 142 Å². The van der Waals surface area contributed by atoms with Crippen LogP contribution in [-0.2, 0) is 85.2 Å². The number of allylic oxidation sites excluding steroid dienone is 2. The van der Waals surface area contributed by atoms with Gasteiger partial charge >= 0.3 is 0 Å². The summed E-state index contributed by atoms with van der Waals surface area (Å²) < 4.78 is 5.42. The first-order valence-corrected chi connectivity index (χ1v) is 29.3. The van der Waals surface area contributed by atoms with Gasteiger partial charge in [-0.25, -0.2) is 11.1 Å². The number of rotatable bonds is 11. The molecule has 0 unspecified atom stereocenters. The van der Waals surface area contributed by atoms with Crippen molar-refractivity contribution in [2.24, 2.45) is 0 Å². The molecule has 0 atom stereocenters. The van der Waals surface area contributed by atoms with E-state index in [2.05, 4.69) is 220 Å². The van der Waals surface area contributed by atoms with Crippen LogP contribution in [0.25, 0.3) is 89.4 Å². The van der Waals surface area contributed by atoms with Crippen LogP contribution < -0.4 is 4.74 Å². The molecule has 0 saturated heterocycles. The second kappa shape index (κ2) is 39.4. The first kappa shape index (κ1) is 76.5. The number of para-hydroxylation sites is 1. The number of ketones is 1. The second-order valence-corrected chi connectivity index (χ2v) is 21.5. The summed E-state index contributed by atoms with van der Waals surface area (Å²) >= 11 is 0. The molecule has 0 saturated carbocycles. The summed E-state index contributed by atoms with van der Waals surface area (Å²) in [5.41, 5.74) is 23.6. The van der Waals surface area contributed by atoms with Gasteiger partial charge in [-0.05, 0) is 82.4 Å². The molecule has 474 valence electrons. The molecule has 3 aromatic heterocycles. The number of nitrogens with zero attached hydrogens (tertiary/aromatic N) is 3. The quantitative estimate of drug-likeness (QED) is 0.0789. The minimum absolute atomic E-state index is 0. The summed E-state index contributed by atoms with van der Waals surface area (Å²) in [7, 11) is 1.69. The third-order valence-corrected chi connectivity index (χ3v) is 13.9. The Morgan fingerprint density at radius 3 is 1.46 bits per heavy atom. The zero-order chi connectivity index (χ0) is 62.2. The number of aryl methyl sites for hydroxylation is 4. The van der Waals surface area contributed by atoms with E-state index in [1.54, 1.807) is 7.11 Å². The first-order valence-electron chi connectivity index (χ1n) is 29.3. The number of carbonyl (C=O) groups excluding carboxylic acids is 1. The van der Waals surface area contributed by atoms with Crippen molar-refractivity contribution >= 4 is 5.78 Å². The molecule has 6 nitrogen and oxygen atoms in total. The van der Waals surface area contributed by atoms with Crippen molar-refractivity contribution in [1.82, 2.24) is 15.0 Å². The van der Waals surface area contributed by atoms with E-state index in [4.69, 9.17) is 9.84 Å². The number of benzene rings is 9. The van der Waals surface area contributed by atoms with Crippen LogP contribution in [0.3, 0.4) is 0 Å². The Morgan fingerprint density at radius 2 is 0.957 bits per heavy atom. The van der Waals surface area contributed by atoms with Gasteiger partial charge in [0, 0.05) is 111 Å². The Balaban J connectivity index is 0.000000249. The number of ether oxygens (including phenoxy) is 1. The van der Waals surface area contributed by atoms with Crippen molar-refractivity contribution in [1.29, 1.82) is 0 Å². The number of carbonyl (C=O) groups is 1.